The van der Waals surface area contributed by atoms with Crippen molar-refractivity contribution < 1.29 is 4.58 Å². The van der Waals surface area contributed by atoms with Crippen molar-refractivity contribution in [2.45, 2.75) is 26.3 Å². The summed E-state index contributed by atoms with van der Waals surface area (Å²) in [5.41, 5.74) is 1.34. The predicted octanol–water partition coefficient (Wildman–Crippen LogP) is 1.78. The third-order valence-corrected chi connectivity index (χ3v) is 2.52. The lowest BCUT2D eigenvalue weighted by Gasteiger charge is -2.02. The number of nitrogens with zero attached hydrogens (tertiary/aromatic N) is 2. The Balaban J connectivity index is 2.42. The molecule has 0 amide bonds. The standard InChI is InChI=1S/C11H15N2/c1-3-11-12-9-7-5-6-8-10(9)13(11)4-2/h5-9H,3-4H2,1-2H3/q+1. The van der Waals surface area contributed by atoms with Gasteiger partial charge >= 0.3 is 0 Å². The van der Waals surface area contributed by atoms with Crippen LogP contribution < -0.4 is 0 Å². The molecule has 68 valence electrons. The van der Waals surface area contributed by atoms with E-state index in [0.29, 0.717) is 6.04 Å². The first-order valence-corrected chi connectivity index (χ1v) is 4.92. The van der Waals surface area contributed by atoms with E-state index < -0.39 is 0 Å². The summed E-state index contributed by atoms with van der Waals surface area (Å²) in [5, 5.41) is 0. The maximum atomic E-state index is 4.65. The van der Waals surface area contributed by atoms with Crippen molar-refractivity contribution in [2.75, 3.05) is 6.54 Å². The highest BCUT2D eigenvalue weighted by Crippen LogP contribution is 2.13. The van der Waals surface area contributed by atoms with Crippen molar-refractivity contribution in [2.24, 2.45) is 4.99 Å². The van der Waals surface area contributed by atoms with Crippen LogP contribution in [0, 0.1) is 0 Å². The number of allylic oxidation sites excluding steroid dienone is 2. The number of fused-ring (bicyclic) bond motifs is 1. The maximum Gasteiger partial charge on any atom is 0.293 e. The van der Waals surface area contributed by atoms with Crippen LogP contribution in [0.3, 0.4) is 0 Å². The van der Waals surface area contributed by atoms with Crippen LogP contribution in [0.2, 0.25) is 0 Å². The minimum atomic E-state index is 0.292. The van der Waals surface area contributed by atoms with Gasteiger partial charge in [0, 0.05) is 0 Å². The molecule has 13 heavy (non-hydrogen) atoms. The SMILES string of the molecule is CCC1=NC2C=CC=CC2=[N+]1CC. The molecule has 2 rings (SSSR count). The summed E-state index contributed by atoms with van der Waals surface area (Å²) in [6, 6.07) is 0.292. The molecule has 2 heteroatoms. The number of amidine groups is 1. The lowest BCUT2D eigenvalue weighted by Crippen LogP contribution is -2.24. The summed E-state index contributed by atoms with van der Waals surface area (Å²) in [6.07, 6.45) is 9.50. The van der Waals surface area contributed by atoms with Gasteiger partial charge in [-0.05, 0) is 19.1 Å². The molecule has 1 unspecified atom stereocenters. The zero-order chi connectivity index (χ0) is 9.26. The van der Waals surface area contributed by atoms with E-state index in [-0.39, 0.29) is 0 Å². The topological polar surface area (TPSA) is 15.4 Å². The van der Waals surface area contributed by atoms with E-state index in [1.807, 2.05) is 0 Å². The zero-order valence-corrected chi connectivity index (χ0v) is 8.20. The Morgan fingerprint density at radius 1 is 1.38 bits per heavy atom. The Morgan fingerprint density at radius 2 is 2.23 bits per heavy atom. The lowest BCUT2D eigenvalue weighted by molar-refractivity contribution is -0.402. The smallest absolute Gasteiger partial charge is 0.228 e. The summed E-state index contributed by atoms with van der Waals surface area (Å²) < 4.78 is 2.31. The van der Waals surface area contributed by atoms with Gasteiger partial charge in [0.15, 0.2) is 5.71 Å². The number of rotatable bonds is 2. The molecule has 0 aromatic rings. The van der Waals surface area contributed by atoms with Gasteiger partial charge in [0.2, 0.25) is 6.04 Å². The summed E-state index contributed by atoms with van der Waals surface area (Å²) >= 11 is 0. The molecule has 0 spiro atoms. The molecule has 0 N–H and O–H groups in total. The minimum Gasteiger partial charge on any atom is -0.228 e. The average molecular weight is 175 g/mol. The maximum absolute atomic E-state index is 4.65. The first kappa shape index (κ1) is 8.42. The van der Waals surface area contributed by atoms with Crippen molar-refractivity contribution in [3.63, 3.8) is 0 Å². The van der Waals surface area contributed by atoms with Gasteiger partial charge in [-0.1, -0.05) is 24.1 Å². The van der Waals surface area contributed by atoms with Gasteiger partial charge in [-0.3, -0.25) is 0 Å². The number of aliphatic imine (C=N–C) groups is 1. The van der Waals surface area contributed by atoms with Crippen LogP contribution >= 0.6 is 0 Å². The van der Waals surface area contributed by atoms with E-state index in [9.17, 15) is 0 Å². The fourth-order valence-corrected chi connectivity index (χ4v) is 1.91. The average Bonchev–Trinajstić information content (AvgIpc) is 2.55. The molecule has 1 heterocycles. The summed E-state index contributed by atoms with van der Waals surface area (Å²) in [5.74, 6) is 1.22. The van der Waals surface area contributed by atoms with Crippen molar-refractivity contribution >= 4 is 11.5 Å². The van der Waals surface area contributed by atoms with Gasteiger partial charge in [-0.25, -0.2) is 4.58 Å². The first-order valence-electron chi connectivity index (χ1n) is 4.92. The van der Waals surface area contributed by atoms with Crippen LogP contribution in [-0.2, 0) is 0 Å². The fraction of sp³-hybridized carbons (Fsp3) is 0.455. The van der Waals surface area contributed by atoms with Crippen LogP contribution in [0.5, 0.6) is 0 Å². The predicted molar refractivity (Wildman–Crippen MR) is 55.6 cm³/mol. The highest BCUT2D eigenvalue weighted by molar-refractivity contribution is 6.05. The second kappa shape index (κ2) is 3.29. The Labute approximate surface area is 79.0 Å². The molecule has 0 aromatic heterocycles. The molecular formula is C11H15N2+. The Kier molecular flexibility index (Phi) is 2.13. The van der Waals surface area contributed by atoms with Crippen LogP contribution in [-0.4, -0.2) is 28.7 Å². The second-order valence-corrected chi connectivity index (χ2v) is 3.26. The van der Waals surface area contributed by atoms with E-state index in [1.54, 1.807) is 0 Å². The molecule has 1 atom stereocenters. The number of hydrogen-bond acceptors (Lipinski definition) is 1. The third-order valence-electron chi connectivity index (χ3n) is 2.52. The molecule has 2 nitrogen and oxygen atoms in total. The first-order chi connectivity index (χ1) is 6.36. The molecule has 1 aliphatic carbocycles. The molecule has 0 saturated carbocycles. The quantitative estimate of drug-likeness (QED) is 0.568. The third kappa shape index (κ3) is 1.26. The Morgan fingerprint density at radius 3 is 2.92 bits per heavy atom. The Hall–Kier alpha value is -1.18. The molecule has 0 fully saturated rings. The molecular weight excluding hydrogens is 160 g/mol. The largest absolute Gasteiger partial charge is 0.293 e. The van der Waals surface area contributed by atoms with Crippen molar-refractivity contribution in [3.8, 4) is 0 Å². The van der Waals surface area contributed by atoms with Crippen molar-refractivity contribution in [3.05, 3.63) is 24.3 Å². The van der Waals surface area contributed by atoms with E-state index in [1.165, 1.54) is 11.5 Å². The summed E-state index contributed by atoms with van der Waals surface area (Å²) in [4.78, 5) is 4.65. The minimum absolute atomic E-state index is 0.292. The van der Waals surface area contributed by atoms with E-state index in [0.717, 1.165) is 13.0 Å². The second-order valence-electron chi connectivity index (χ2n) is 3.26. The van der Waals surface area contributed by atoms with E-state index in [4.69, 9.17) is 0 Å². The monoisotopic (exact) mass is 175 g/mol. The van der Waals surface area contributed by atoms with Crippen molar-refractivity contribution in [1.29, 1.82) is 0 Å². The van der Waals surface area contributed by atoms with Gasteiger partial charge in [0.1, 0.15) is 0 Å². The molecule has 1 aliphatic heterocycles. The van der Waals surface area contributed by atoms with Crippen LogP contribution in [0.1, 0.15) is 20.3 Å². The normalized spacial score (nSPS) is 25.1. The molecule has 0 aromatic carbocycles. The molecule has 0 radical (unpaired) electrons. The van der Waals surface area contributed by atoms with Gasteiger partial charge in [-0.15, -0.1) is 0 Å². The summed E-state index contributed by atoms with van der Waals surface area (Å²) in [6.45, 7) is 5.36. The molecule has 2 aliphatic rings. The molecule has 0 bridgehead atoms. The van der Waals surface area contributed by atoms with Crippen LogP contribution in [0.4, 0.5) is 0 Å². The summed E-state index contributed by atoms with van der Waals surface area (Å²) in [7, 11) is 0. The van der Waals surface area contributed by atoms with Crippen LogP contribution in [0.15, 0.2) is 29.3 Å². The number of hydrogen-bond donors (Lipinski definition) is 0. The van der Waals surface area contributed by atoms with E-state index in [2.05, 4.69) is 47.7 Å². The van der Waals surface area contributed by atoms with Crippen molar-refractivity contribution in [1.82, 2.24) is 0 Å². The highest BCUT2D eigenvalue weighted by atomic mass is 15.2. The van der Waals surface area contributed by atoms with Gasteiger partial charge in [0.05, 0.1) is 13.0 Å². The zero-order valence-electron chi connectivity index (χ0n) is 8.20. The fourth-order valence-electron chi connectivity index (χ4n) is 1.91. The van der Waals surface area contributed by atoms with Gasteiger partial charge in [-0.2, -0.15) is 0 Å². The Bertz CT molecular complexity index is 332. The van der Waals surface area contributed by atoms with Crippen LogP contribution in [0.25, 0.3) is 0 Å². The lowest BCUT2D eigenvalue weighted by atomic mass is 10.1. The molecule has 0 saturated heterocycles. The van der Waals surface area contributed by atoms with Gasteiger partial charge in [0.25, 0.3) is 5.84 Å². The highest BCUT2D eigenvalue weighted by Gasteiger charge is 2.32. The van der Waals surface area contributed by atoms with E-state index >= 15 is 0 Å². The van der Waals surface area contributed by atoms with Gasteiger partial charge < -0.3 is 0 Å².